The number of imidazole rings is 1. The Kier molecular flexibility index (Phi) is 6.60. The fraction of sp³-hybridized carbons (Fsp3) is 0.167. The largest absolute Gasteiger partial charge is 0.497 e. The zero-order valence-corrected chi connectivity index (χ0v) is 18.9. The van der Waals surface area contributed by atoms with E-state index in [-0.39, 0.29) is 22.1 Å². The molecule has 1 heterocycles. The highest BCUT2D eigenvalue weighted by molar-refractivity contribution is 7.92. The van der Waals surface area contributed by atoms with Crippen LogP contribution in [0.1, 0.15) is 16.8 Å². The molecule has 0 saturated heterocycles. The van der Waals surface area contributed by atoms with Crippen LogP contribution >= 0.6 is 0 Å². The SMILES string of the molecule is COc1ccc(S(=O)(=O)Nc2ccccc2C(=O)NCCCn2cnc3ccccc32)cc1. The quantitative estimate of drug-likeness (QED) is 0.368. The smallest absolute Gasteiger partial charge is 0.261 e. The molecule has 1 aromatic heterocycles. The van der Waals surface area contributed by atoms with Crippen LogP contribution in [0.2, 0.25) is 0 Å². The Morgan fingerprint density at radius 2 is 1.73 bits per heavy atom. The molecule has 3 aromatic carbocycles. The molecular weight excluding hydrogens is 440 g/mol. The third kappa shape index (κ3) is 5.15. The van der Waals surface area contributed by atoms with E-state index in [4.69, 9.17) is 4.74 Å². The third-order valence-corrected chi connectivity index (χ3v) is 6.56. The van der Waals surface area contributed by atoms with Gasteiger partial charge in [0, 0.05) is 13.1 Å². The first-order chi connectivity index (χ1) is 16.0. The van der Waals surface area contributed by atoms with Crippen LogP contribution in [0.5, 0.6) is 5.75 Å². The lowest BCUT2D eigenvalue weighted by molar-refractivity contribution is 0.0953. The molecule has 4 aromatic rings. The Labute approximate surface area is 192 Å². The number of amides is 1. The average Bonchev–Trinajstić information content (AvgIpc) is 3.25. The van der Waals surface area contributed by atoms with Crippen LogP contribution in [0, 0.1) is 0 Å². The Morgan fingerprint density at radius 3 is 2.52 bits per heavy atom. The van der Waals surface area contributed by atoms with E-state index < -0.39 is 10.0 Å². The van der Waals surface area contributed by atoms with Gasteiger partial charge in [0.15, 0.2) is 0 Å². The monoisotopic (exact) mass is 464 g/mol. The summed E-state index contributed by atoms with van der Waals surface area (Å²) in [5.74, 6) is 0.205. The molecule has 0 aliphatic heterocycles. The lowest BCUT2D eigenvalue weighted by Crippen LogP contribution is -2.26. The molecule has 0 fully saturated rings. The number of hydrogen-bond acceptors (Lipinski definition) is 5. The summed E-state index contributed by atoms with van der Waals surface area (Å²) in [5, 5.41) is 2.87. The van der Waals surface area contributed by atoms with E-state index in [9.17, 15) is 13.2 Å². The standard InChI is InChI=1S/C24H24N4O4S/c1-32-18-11-13-19(14-12-18)33(30,31)27-21-8-3-2-7-20(21)24(29)25-15-6-16-28-17-26-22-9-4-5-10-23(22)28/h2-5,7-14,17,27H,6,15-16H2,1H3,(H,25,29). The van der Waals surface area contributed by atoms with Crippen molar-refractivity contribution in [2.24, 2.45) is 0 Å². The molecule has 1 amide bonds. The summed E-state index contributed by atoms with van der Waals surface area (Å²) in [6.07, 6.45) is 2.49. The molecule has 170 valence electrons. The van der Waals surface area contributed by atoms with Crippen LogP contribution in [0.4, 0.5) is 5.69 Å². The maximum atomic E-state index is 12.8. The molecule has 0 saturated carbocycles. The Hall–Kier alpha value is -3.85. The van der Waals surface area contributed by atoms with E-state index >= 15 is 0 Å². The molecule has 0 spiro atoms. The summed E-state index contributed by atoms with van der Waals surface area (Å²) < 4.78 is 35.2. The summed E-state index contributed by atoms with van der Waals surface area (Å²) in [4.78, 5) is 17.2. The van der Waals surface area contributed by atoms with Gasteiger partial charge >= 0.3 is 0 Å². The molecule has 33 heavy (non-hydrogen) atoms. The fourth-order valence-electron chi connectivity index (χ4n) is 3.46. The van der Waals surface area contributed by atoms with Crippen LogP contribution in [-0.4, -0.2) is 37.5 Å². The number of fused-ring (bicyclic) bond motifs is 1. The number of carbonyl (C=O) groups excluding carboxylic acids is 1. The minimum atomic E-state index is -3.87. The predicted molar refractivity (Wildman–Crippen MR) is 127 cm³/mol. The van der Waals surface area contributed by atoms with Crippen molar-refractivity contribution in [2.75, 3.05) is 18.4 Å². The second-order valence-corrected chi connectivity index (χ2v) is 9.05. The van der Waals surface area contributed by atoms with Crippen LogP contribution in [0.15, 0.2) is 84.0 Å². The van der Waals surface area contributed by atoms with Crippen molar-refractivity contribution in [3.8, 4) is 5.75 Å². The van der Waals surface area contributed by atoms with Gasteiger partial charge in [-0.2, -0.15) is 0 Å². The maximum absolute atomic E-state index is 12.8. The first kappa shape index (κ1) is 22.3. The molecular formula is C24H24N4O4S. The number of nitrogens with one attached hydrogen (secondary N) is 2. The van der Waals surface area contributed by atoms with Crippen molar-refractivity contribution < 1.29 is 17.9 Å². The number of para-hydroxylation sites is 3. The van der Waals surface area contributed by atoms with Crippen LogP contribution < -0.4 is 14.8 Å². The first-order valence-electron chi connectivity index (χ1n) is 10.4. The minimum absolute atomic E-state index is 0.0751. The Balaban J connectivity index is 1.39. The van der Waals surface area contributed by atoms with E-state index in [0.717, 1.165) is 11.0 Å². The number of ether oxygens (including phenoxy) is 1. The second kappa shape index (κ2) is 9.74. The molecule has 0 aliphatic rings. The number of rotatable bonds is 9. The van der Waals surface area contributed by atoms with Crippen molar-refractivity contribution in [2.45, 2.75) is 17.9 Å². The molecule has 0 bridgehead atoms. The summed E-state index contributed by atoms with van der Waals surface area (Å²) in [6, 6.07) is 20.4. The molecule has 0 radical (unpaired) electrons. The van der Waals surface area contributed by atoms with Gasteiger partial charge in [-0.05, 0) is 55.0 Å². The topological polar surface area (TPSA) is 102 Å². The molecule has 0 atom stereocenters. The number of aromatic nitrogens is 2. The zero-order chi connectivity index (χ0) is 23.3. The average molecular weight is 465 g/mol. The summed E-state index contributed by atoms with van der Waals surface area (Å²) in [6.45, 7) is 1.14. The van der Waals surface area contributed by atoms with Crippen molar-refractivity contribution in [1.29, 1.82) is 0 Å². The highest BCUT2D eigenvalue weighted by Crippen LogP contribution is 2.22. The van der Waals surface area contributed by atoms with Crippen LogP contribution in [0.25, 0.3) is 11.0 Å². The van der Waals surface area contributed by atoms with Crippen molar-refractivity contribution in [3.05, 3.63) is 84.7 Å². The lowest BCUT2D eigenvalue weighted by Gasteiger charge is -2.13. The maximum Gasteiger partial charge on any atom is 0.261 e. The van der Waals surface area contributed by atoms with Gasteiger partial charge in [-0.25, -0.2) is 13.4 Å². The molecule has 0 unspecified atom stereocenters. The fourth-order valence-corrected chi connectivity index (χ4v) is 4.54. The molecule has 0 aliphatic carbocycles. The summed E-state index contributed by atoms with van der Waals surface area (Å²) in [7, 11) is -2.36. The highest BCUT2D eigenvalue weighted by Gasteiger charge is 2.18. The molecule has 9 heteroatoms. The Morgan fingerprint density at radius 1 is 1.00 bits per heavy atom. The number of aryl methyl sites for hydroxylation is 1. The first-order valence-corrected chi connectivity index (χ1v) is 11.9. The van der Waals surface area contributed by atoms with Crippen molar-refractivity contribution in [3.63, 3.8) is 0 Å². The third-order valence-electron chi connectivity index (χ3n) is 5.17. The summed E-state index contributed by atoms with van der Waals surface area (Å²) in [5.41, 5.74) is 2.44. The van der Waals surface area contributed by atoms with Gasteiger partial charge in [-0.1, -0.05) is 24.3 Å². The number of benzene rings is 3. The Bertz CT molecular complexity index is 1360. The van der Waals surface area contributed by atoms with Gasteiger partial charge < -0.3 is 14.6 Å². The number of methoxy groups -OCH3 is 1. The van der Waals surface area contributed by atoms with Gasteiger partial charge in [-0.3, -0.25) is 9.52 Å². The van der Waals surface area contributed by atoms with E-state index in [1.54, 1.807) is 42.7 Å². The van der Waals surface area contributed by atoms with E-state index in [1.165, 1.54) is 19.2 Å². The molecule has 2 N–H and O–H groups in total. The van der Waals surface area contributed by atoms with E-state index in [1.807, 2.05) is 28.8 Å². The van der Waals surface area contributed by atoms with Gasteiger partial charge in [0.25, 0.3) is 15.9 Å². The van der Waals surface area contributed by atoms with Gasteiger partial charge in [0.05, 0.1) is 40.6 Å². The molecule has 4 rings (SSSR count). The number of nitrogens with zero attached hydrogens (tertiary/aromatic N) is 2. The van der Waals surface area contributed by atoms with E-state index in [0.29, 0.717) is 25.3 Å². The number of hydrogen-bond donors (Lipinski definition) is 2. The predicted octanol–water partition coefficient (Wildman–Crippen LogP) is 3.67. The van der Waals surface area contributed by atoms with Crippen molar-refractivity contribution >= 4 is 32.7 Å². The lowest BCUT2D eigenvalue weighted by atomic mass is 10.1. The highest BCUT2D eigenvalue weighted by atomic mass is 32.2. The van der Waals surface area contributed by atoms with E-state index in [2.05, 4.69) is 15.0 Å². The number of carbonyl (C=O) groups is 1. The van der Waals surface area contributed by atoms with Crippen LogP contribution in [0.3, 0.4) is 0 Å². The van der Waals surface area contributed by atoms with Gasteiger partial charge in [0.2, 0.25) is 0 Å². The number of anilines is 1. The normalized spacial score (nSPS) is 11.3. The zero-order valence-electron chi connectivity index (χ0n) is 18.1. The second-order valence-electron chi connectivity index (χ2n) is 7.36. The van der Waals surface area contributed by atoms with Gasteiger partial charge in [0.1, 0.15) is 5.75 Å². The number of sulfonamides is 1. The molecule has 8 nitrogen and oxygen atoms in total. The van der Waals surface area contributed by atoms with Crippen molar-refractivity contribution in [1.82, 2.24) is 14.9 Å². The van der Waals surface area contributed by atoms with Crippen LogP contribution in [-0.2, 0) is 16.6 Å². The minimum Gasteiger partial charge on any atom is -0.497 e. The summed E-state index contributed by atoms with van der Waals surface area (Å²) >= 11 is 0. The van der Waals surface area contributed by atoms with Gasteiger partial charge in [-0.15, -0.1) is 0 Å².